The molecule has 0 bridgehead atoms. The minimum absolute atomic E-state index is 0.124. The van der Waals surface area contributed by atoms with Gasteiger partial charge in [-0.25, -0.2) is 9.67 Å². The number of hydrogen-bond donors (Lipinski definition) is 1. The minimum atomic E-state index is -0.151. The van der Waals surface area contributed by atoms with E-state index in [2.05, 4.69) is 24.3 Å². The molecule has 0 spiro atoms. The van der Waals surface area contributed by atoms with Crippen molar-refractivity contribution in [2.75, 3.05) is 19.6 Å². The van der Waals surface area contributed by atoms with Crippen molar-refractivity contribution in [3.63, 3.8) is 0 Å². The Bertz CT molecular complexity index is 863. The van der Waals surface area contributed by atoms with Crippen molar-refractivity contribution < 1.29 is 9.59 Å². The van der Waals surface area contributed by atoms with E-state index in [4.69, 9.17) is 4.98 Å². The molecule has 0 aromatic carbocycles. The Labute approximate surface area is 159 Å². The summed E-state index contributed by atoms with van der Waals surface area (Å²) in [4.78, 5) is 31.7. The fraction of sp³-hybridized carbons (Fsp3) is 0.600. The van der Waals surface area contributed by atoms with Crippen LogP contribution < -0.4 is 5.32 Å². The molecule has 2 fully saturated rings. The quantitative estimate of drug-likeness (QED) is 0.849. The molecule has 2 aromatic heterocycles. The molecule has 1 N–H and O–H groups in total. The summed E-state index contributed by atoms with van der Waals surface area (Å²) in [5, 5.41) is 8.13. The number of rotatable bonds is 6. The van der Waals surface area contributed by atoms with Crippen LogP contribution in [0.15, 0.2) is 12.3 Å². The van der Waals surface area contributed by atoms with Gasteiger partial charge in [-0.05, 0) is 45.6 Å². The average molecular weight is 369 g/mol. The van der Waals surface area contributed by atoms with Crippen LogP contribution in [0, 0.1) is 0 Å². The van der Waals surface area contributed by atoms with Gasteiger partial charge in [-0.15, -0.1) is 0 Å². The third-order valence-electron chi connectivity index (χ3n) is 5.40. The van der Waals surface area contributed by atoms with Crippen molar-refractivity contribution in [3.05, 3.63) is 23.5 Å². The van der Waals surface area contributed by atoms with Gasteiger partial charge in [-0.3, -0.25) is 9.59 Å². The van der Waals surface area contributed by atoms with E-state index in [0.717, 1.165) is 55.5 Å². The van der Waals surface area contributed by atoms with Crippen LogP contribution in [0.5, 0.6) is 0 Å². The molecule has 0 atom stereocenters. The third-order valence-corrected chi connectivity index (χ3v) is 5.40. The summed E-state index contributed by atoms with van der Waals surface area (Å²) >= 11 is 0. The Morgan fingerprint density at radius 3 is 2.67 bits per heavy atom. The lowest BCUT2D eigenvalue weighted by molar-refractivity contribution is -0.129. The molecule has 0 radical (unpaired) electrons. The topological polar surface area (TPSA) is 80.1 Å². The van der Waals surface area contributed by atoms with E-state index < -0.39 is 0 Å². The first kappa shape index (κ1) is 17.9. The number of nitrogens with zero attached hydrogens (tertiary/aromatic N) is 4. The molecule has 144 valence electrons. The van der Waals surface area contributed by atoms with Gasteiger partial charge in [0.25, 0.3) is 5.91 Å². The van der Waals surface area contributed by atoms with Gasteiger partial charge in [0, 0.05) is 43.7 Å². The molecule has 0 unspecified atom stereocenters. The van der Waals surface area contributed by atoms with E-state index in [-0.39, 0.29) is 17.9 Å². The molecular weight excluding hydrogens is 342 g/mol. The van der Waals surface area contributed by atoms with Gasteiger partial charge >= 0.3 is 0 Å². The van der Waals surface area contributed by atoms with Gasteiger partial charge in [0.1, 0.15) is 0 Å². The van der Waals surface area contributed by atoms with Crippen LogP contribution in [-0.2, 0) is 4.79 Å². The van der Waals surface area contributed by atoms with Gasteiger partial charge in [-0.2, -0.15) is 5.10 Å². The fourth-order valence-corrected chi connectivity index (χ4v) is 3.69. The zero-order chi connectivity index (χ0) is 19.0. The maximum atomic E-state index is 12.8. The highest BCUT2D eigenvalue weighted by molar-refractivity contribution is 6.05. The highest BCUT2D eigenvalue weighted by Crippen LogP contribution is 2.40. The number of nitrogens with one attached hydrogen (secondary N) is 1. The highest BCUT2D eigenvalue weighted by Gasteiger charge is 2.28. The van der Waals surface area contributed by atoms with Gasteiger partial charge in [0.05, 0.1) is 17.1 Å². The second-order valence-electron chi connectivity index (χ2n) is 7.88. The van der Waals surface area contributed by atoms with Crippen molar-refractivity contribution in [1.82, 2.24) is 25.0 Å². The molecule has 1 saturated carbocycles. The van der Waals surface area contributed by atoms with E-state index >= 15 is 0 Å². The number of carbonyl (C=O) groups is 2. The van der Waals surface area contributed by atoms with E-state index in [1.807, 2.05) is 15.6 Å². The second-order valence-corrected chi connectivity index (χ2v) is 7.88. The first-order valence-electron chi connectivity index (χ1n) is 9.98. The Balaban J connectivity index is 1.51. The lowest BCUT2D eigenvalue weighted by atomic mass is 10.1. The molecule has 2 aliphatic rings. The lowest BCUT2D eigenvalue weighted by Gasteiger charge is -2.15. The molecule has 1 saturated heterocycles. The molecule has 3 heterocycles. The number of amides is 2. The smallest absolute Gasteiger partial charge is 0.252 e. The Morgan fingerprint density at radius 2 is 2.00 bits per heavy atom. The van der Waals surface area contributed by atoms with E-state index in [1.165, 1.54) is 0 Å². The minimum Gasteiger partial charge on any atom is -0.351 e. The number of hydrogen-bond acceptors (Lipinski definition) is 4. The molecule has 7 nitrogen and oxygen atoms in total. The van der Waals surface area contributed by atoms with Crippen LogP contribution in [0.3, 0.4) is 0 Å². The first-order chi connectivity index (χ1) is 13.0. The number of pyridine rings is 1. The summed E-state index contributed by atoms with van der Waals surface area (Å²) in [6, 6.07) is 2.09. The van der Waals surface area contributed by atoms with Gasteiger partial charge in [-0.1, -0.05) is 0 Å². The number of aromatic nitrogens is 3. The number of likely N-dealkylation sites (tertiary alicyclic amines) is 1. The number of carbonyl (C=O) groups excluding carboxylic acids is 2. The molecule has 1 aliphatic carbocycles. The normalized spacial score (nSPS) is 17.1. The van der Waals surface area contributed by atoms with Crippen LogP contribution in [0.4, 0.5) is 0 Å². The summed E-state index contributed by atoms with van der Waals surface area (Å²) in [6.45, 7) is 6.16. The number of fused-ring (bicyclic) bond motifs is 1. The Hall–Kier alpha value is -2.44. The predicted molar refractivity (Wildman–Crippen MR) is 103 cm³/mol. The van der Waals surface area contributed by atoms with Gasteiger partial charge < -0.3 is 10.2 Å². The van der Waals surface area contributed by atoms with Crippen molar-refractivity contribution >= 4 is 22.8 Å². The van der Waals surface area contributed by atoms with Crippen LogP contribution in [-0.4, -0.2) is 51.1 Å². The fourth-order valence-electron chi connectivity index (χ4n) is 3.69. The summed E-state index contributed by atoms with van der Waals surface area (Å²) in [7, 11) is 0. The summed E-state index contributed by atoms with van der Waals surface area (Å²) < 4.78 is 1.87. The highest BCUT2D eigenvalue weighted by atomic mass is 16.2. The van der Waals surface area contributed by atoms with Gasteiger partial charge in [0.2, 0.25) is 5.91 Å². The van der Waals surface area contributed by atoms with Crippen molar-refractivity contribution in [3.8, 4) is 0 Å². The maximum Gasteiger partial charge on any atom is 0.252 e. The van der Waals surface area contributed by atoms with E-state index in [0.29, 0.717) is 24.4 Å². The van der Waals surface area contributed by atoms with Crippen LogP contribution in [0.1, 0.15) is 74.0 Å². The Kier molecular flexibility index (Phi) is 4.85. The lowest BCUT2D eigenvalue weighted by Crippen LogP contribution is -2.32. The van der Waals surface area contributed by atoms with Crippen LogP contribution in [0.25, 0.3) is 11.0 Å². The summed E-state index contributed by atoms with van der Waals surface area (Å²) in [6.07, 6.45) is 6.48. The van der Waals surface area contributed by atoms with E-state index in [1.54, 1.807) is 6.20 Å². The average Bonchev–Trinajstić information content (AvgIpc) is 3.18. The first-order valence-corrected chi connectivity index (χ1v) is 9.98. The molecule has 7 heteroatoms. The van der Waals surface area contributed by atoms with E-state index in [9.17, 15) is 9.59 Å². The summed E-state index contributed by atoms with van der Waals surface area (Å²) in [5.74, 6) is 0.425. The largest absolute Gasteiger partial charge is 0.351 e. The standard InChI is InChI=1S/C20H27N5O2/c1-13(2)25-19-16(12-22-25)15(11-17(23-19)14-5-6-14)20(27)21-8-7-18(26)24-9-3-4-10-24/h11-14H,3-10H2,1-2H3,(H,21,27). The molecule has 2 aromatic rings. The SMILES string of the molecule is CC(C)n1ncc2c(C(=O)NCCC(=O)N3CCCC3)cc(C3CC3)nc21. The third kappa shape index (κ3) is 3.68. The zero-order valence-corrected chi connectivity index (χ0v) is 16.1. The van der Waals surface area contributed by atoms with Crippen molar-refractivity contribution in [2.24, 2.45) is 0 Å². The van der Waals surface area contributed by atoms with Crippen LogP contribution >= 0.6 is 0 Å². The maximum absolute atomic E-state index is 12.8. The second kappa shape index (κ2) is 7.29. The predicted octanol–water partition coefficient (Wildman–Crippen LogP) is 2.63. The summed E-state index contributed by atoms with van der Waals surface area (Å²) in [5.41, 5.74) is 2.36. The molecular formula is C20H27N5O2. The van der Waals surface area contributed by atoms with Gasteiger partial charge in [0.15, 0.2) is 5.65 Å². The molecule has 2 amide bonds. The Morgan fingerprint density at radius 1 is 1.26 bits per heavy atom. The molecule has 1 aliphatic heterocycles. The molecule has 4 rings (SSSR count). The van der Waals surface area contributed by atoms with Crippen molar-refractivity contribution in [1.29, 1.82) is 0 Å². The zero-order valence-electron chi connectivity index (χ0n) is 16.1. The molecule has 27 heavy (non-hydrogen) atoms. The monoisotopic (exact) mass is 369 g/mol. The van der Waals surface area contributed by atoms with Crippen molar-refractivity contribution in [2.45, 2.75) is 57.9 Å². The van der Waals surface area contributed by atoms with Crippen LogP contribution in [0.2, 0.25) is 0 Å².